The molecule has 0 atom stereocenters. The summed E-state index contributed by atoms with van der Waals surface area (Å²) in [5, 5.41) is 6.80. The third-order valence-corrected chi connectivity index (χ3v) is 4.32. The first-order valence-electron chi connectivity index (χ1n) is 6.93. The van der Waals surface area contributed by atoms with E-state index in [0.717, 1.165) is 25.9 Å². The fourth-order valence-corrected chi connectivity index (χ4v) is 3.12. The maximum atomic E-state index is 13.1. The molecule has 1 aliphatic heterocycles. The highest BCUT2D eigenvalue weighted by Gasteiger charge is 2.22. The van der Waals surface area contributed by atoms with Crippen LogP contribution in [0.25, 0.3) is 0 Å². The van der Waals surface area contributed by atoms with Crippen molar-refractivity contribution in [3.63, 3.8) is 0 Å². The largest absolute Gasteiger partial charge is 0.356 e. The summed E-state index contributed by atoms with van der Waals surface area (Å²) in [6, 6.07) is 6.82. The van der Waals surface area contributed by atoms with Crippen LogP contribution in [0.5, 0.6) is 0 Å². The first kappa shape index (κ1) is 14.0. The average molecular weight is 305 g/mol. The lowest BCUT2D eigenvalue weighted by Gasteiger charge is -2.33. The Balaban J connectivity index is 1.54. The van der Waals surface area contributed by atoms with Gasteiger partial charge in [0.05, 0.1) is 0 Å². The molecule has 0 aliphatic carbocycles. The maximum Gasteiger partial charge on any atom is 0.252 e. The van der Waals surface area contributed by atoms with Crippen molar-refractivity contribution in [3.8, 4) is 0 Å². The zero-order valence-electron chi connectivity index (χ0n) is 11.5. The zero-order valence-corrected chi connectivity index (χ0v) is 12.3. The van der Waals surface area contributed by atoms with Gasteiger partial charge in [-0.1, -0.05) is 6.07 Å². The molecular weight excluding hydrogens is 289 g/mol. The van der Waals surface area contributed by atoms with Crippen molar-refractivity contribution in [1.82, 2.24) is 10.3 Å². The van der Waals surface area contributed by atoms with Gasteiger partial charge in [0.15, 0.2) is 0 Å². The first-order valence-corrected chi connectivity index (χ1v) is 7.87. The van der Waals surface area contributed by atoms with Crippen molar-refractivity contribution in [2.45, 2.75) is 18.9 Å². The quantitative estimate of drug-likeness (QED) is 0.887. The second kappa shape index (κ2) is 6.22. The molecule has 3 rings (SSSR count). The number of aromatic nitrogens is 1. The summed E-state index contributed by atoms with van der Waals surface area (Å²) < 4.78 is 13.1. The minimum atomic E-state index is -0.458. The van der Waals surface area contributed by atoms with Crippen LogP contribution in [0.2, 0.25) is 0 Å². The van der Waals surface area contributed by atoms with Crippen LogP contribution in [0.4, 0.5) is 10.2 Å². The van der Waals surface area contributed by atoms with Gasteiger partial charge in [-0.15, -0.1) is 0 Å². The molecule has 0 spiro atoms. The van der Waals surface area contributed by atoms with E-state index in [-0.39, 0.29) is 11.9 Å². The van der Waals surface area contributed by atoms with E-state index in [1.807, 2.05) is 22.9 Å². The minimum Gasteiger partial charge on any atom is -0.356 e. The summed E-state index contributed by atoms with van der Waals surface area (Å²) in [5.74, 6) is 0.191. The molecule has 4 nitrogen and oxygen atoms in total. The number of nitrogens with one attached hydrogen (secondary N) is 1. The molecule has 2 aromatic rings. The van der Waals surface area contributed by atoms with Crippen LogP contribution >= 0.6 is 11.3 Å². The molecule has 0 bridgehead atoms. The molecule has 21 heavy (non-hydrogen) atoms. The number of nitrogens with zero attached hydrogens (tertiary/aromatic N) is 2. The first-order chi connectivity index (χ1) is 10.2. The van der Waals surface area contributed by atoms with Gasteiger partial charge in [0, 0.05) is 30.1 Å². The lowest BCUT2D eigenvalue weighted by Crippen LogP contribution is -2.44. The predicted molar refractivity (Wildman–Crippen MR) is 81.2 cm³/mol. The van der Waals surface area contributed by atoms with Gasteiger partial charge >= 0.3 is 0 Å². The number of pyridine rings is 1. The van der Waals surface area contributed by atoms with E-state index in [2.05, 4.69) is 15.2 Å². The van der Waals surface area contributed by atoms with E-state index in [9.17, 15) is 9.18 Å². The van der Waals surface area contributed by atoms with Crippen LogP contribution in [0, 0.1) is 5.95 Å². The zero-order chi connectivity index (χ0) is 14.7. The molecule has 1 saturated heterocycles. The molecule has 110 valence electrons. The number of amides is 1. The summed E-state index contributed by atoms with van der Waals surface area (Å²) in [4.78, 5) is 17.9. The standard InChI is InChI=1S/C15H16FN3OS/c16-13-2-1-3-14(18-13)19-7-4-12(5-8-19)17-15(20)11-6-9-21-10-11/h1-3,6,9-10,12H,4-5,7-8H2,(H,17,20). The molecule has 1 fully saturated rings. The lowest BCUT2D eigenvalue weighted by atomic mass is 10.0. The minimum absolute atomic E-state index is 0.0152. The van der Waals surface area contributed by atoms with E-state index >= 15 is 0 Å². The molecule has 2 aromatic heterocycles. The molecule has 3 heterocycles. The summed E-state index contributed by atoms with van der Waals surface area (Å²) in [5.41, 5.74) is 0.717. The van der Waals surface area contributed by atoms with E-state index in [1.165, 1.54) is 17.4 Å². The fourth-order valence-electron chi connectivity index (χ4n) is 2.49. The Hall–Kier alpha value is -1.95. The number of carbonyl (C=O) groups is 1. The van der Waals surface area contributed by atoms with Gasteiger partial charge in [0.25, 0.3) is 5.91 Å². The Bertz CT molecular complexity index is 609. The molecular formula is C15H16FN3OS. The van der Waals surface area contributed by atoms with Gasteiger partial charge in [-0.3, -0.25) is 4.79 Å². The number of anilines is 1. The van der Waals surface area contributed by atoms with Gasteiger partial charge in [-0.05, 0) is 36.4 Å². The van der Waals surface area contributed by atoms with Crippen LogP contribution in [-0.4, -0.2) is 30.0 Å². The summed E-state index contributed by atoms with van der Waals surface area (Å²) >= 11 is 1.52. The van der Waals surface area contributed by atoms with Gasteiger partial charge in [0.1, 0.15) is 5.82 Å². The fraction of sp³-hybridized carbons (Fsp3) is 0.333. The normalized spacial score (nSPS) is 16.0. The van der Waals surface area contributed by atoms with Crippen molar-refractivity contribution in [3.05, 3.63) is 46.5 Å². The highest BCUT2D eigenvalue weighted by molar-refractivity contribution is 7.08. The third kappa shape index (κ3) is 3.39. The van der Waals surface area contributed by atoms with Crippen LogP contribution in [-0.2, 0) is 0 Å². The molecule has 1 amide bonds. The Kier molecular flexibility index (Phi) is 4.15. The van der Waals surface area contributed by atoms with E-state index in [1.54, 1.807) is 6.07 Å². The summed E-state index contributed by atoms with van der Waals surface area (Å²) in [7, 11) is 0. The monoisotopic (exact) mass is 305 g/mol. The maximum absolute atomic E-state index is 13.1. The Morgan fingerprint density at radius 1 is 1.33 bits per heavy atom. The second-order valence-electron chi connectivity index (χ2n) is 5.07. The molecule has 1 aliphatic rings. The van der Waals surface area contributed by atoms with E-state index in [0.29, 0.717) is 11.4 Å². The average Bonchev–Trinajstić information content (AvgIpc) is 3.02. The Labute approximate surface area is 126 Å². The number of carbonyl (C=O) groups excluding carboxylic acids is 1. The Morgan fingerprint density at radius 2 is 2.14 bits per heavy atom. The molecule has 0 aromatic carbocycles. The molecule has 1 N–H and O–H groups in total. The molecule has 6 heteroatoms. The second-order valence-corrected chi connectivity index (χ2v) is 5.85. The van der Waals surface area contributed by atoms with Crippen molar-refractivity contribution < 1.29 is 9.18 Å². The highest BCUT2D eigenvalue weighted by atomic mass is 32.1. The third-order valence-electron chi connectivity index (χ3n) is 3.64. The number of halogens is 1. The molecule has 0 unspecified atom stereocenters. The lowest BCUT2D eigenvalue weighted by molar-refractivity contribution is 0.0931. The number of rotatable bonds is 3. The number of piperidine rings is 1. The van der Waals surface area contributed by atoms with Crippen molar-refractivity contribution in [2.75, 3.05) is 18.0 Å². The van der Waals surface area contributed by atoms with Crippen molar-refractivity contribution in [2.24, 2.45) is 0 Å². The number of hydrogen-bond acceptors (Lipinski definition) is 4. The predicted octanol–water partition coefficient (Wildman–Crippen LogP) is 2.68. The summed E-state index contributed by atoms with van der Waals surface area (Å²) in [6.07, 6.45) is 1.68. The smallest absolute Gasteiger partial charge is 0.252 e. The number of hydrogen-bond donors (Lipinski definition) is 1. The Morgan fingerprint density at radius 3 is 2.81 bits per heavy atom. The van der Waals surface area contributed by atoms with Gasteiger partial charge in [-0.25, -0.2) is 4.98 Å². The van der Waals surface area contributed by atoms with Gasteiger partial charge < -0.3 is 10.2 Å². The van der Waals surface area contributed by atoms with Crippen LogP contribution < -0.4 is 10.2 Å². The van der Waals surface area contributed by atoms with Crippen LogP contribution in [0.15, 0.2) is 35.0 Å². The van der Waals surface area contributed by atoms with Gasteiger partial charge in [-0.2, -0.15) is 15.7 Å². The van der Waals surface area contributed by atoms with Crippen LogP contribution in [0.3, 0.4) is 0 Å². The number of thiophene rings is 1. The van der Waals surface area contributed by atoms with Crippen LogP contribution in [0.1, 0.15) is 23.2 Å². The topological polar surface area (TPSA) is 45.2 Å². The molecule has 0 saturated carbocycles. The van der Waals surface area contributed by atoms with Crippen molar-refractivity contribution >= 4 is 23.1 Å². The van der Waals surface area contributed by atoms with Gasteiger partial charge in [0.2, 0.25) is 5.95 Å². The van der Waals surface area contributed by atoms with E-state index in [4.69, 9.17) is 0 Å². The summed E-state index contributed by atoms with van der Waals surface area (Å²) in [6.45, 7) is 1.54. The highest BCUT2D eigenvalue weighted by Crippen LogP contribution is 2.18. The SMILES string of the molecule is O=C(NC1CCN(c2cccc(F)n2)CC1)c1ccsc1. The van der Waals surface area contributed by atoms with Crippen molar-refractivity contribution in [1.29, 1.82) is 0 Å². The van der Waals surface area contributed by atoms with E-state index < -0.39 is 5.95 Å². The molecule has 0 radical (unpaired) electrons.